The average molecular weight is 344 g/mol. The highest BCUT2D eigenvalue weighted by Gasteiger charge is 2.29. The number of nitrogens with one attached hydrogen (secondary N) is 1. The van der Waals surface area contributed by atoms with Crippen molar-refractivity contribution in [2.45, 2.75) is 45.6 Å². The van der Waals surface area contributed by atoms with Gasteiger partial charge in [-0.25, -0.2) is 4.79 Å². The Morgan fingerprint density at radius 1 is 1.35 bits per heavy atom. The first-order valence-corrected chi connectivity index (χ1v) is 8.69. The number of nitrogens with zero attached hydrogens (tertiary/aromatic N) is 1. The smallest absolute Gasteiger partial charge is 0.326 e. The Kier molecular flexibility index (Phi) is 8.08. The van der Waals surface area contributed by atoms with Crippen LogP contribution in [0, 0.1) is 5.92 Å². The van der Waals surface area contributed by atoms with Gasteiger partial charge in [-0.05, 0) is 25.2 Å². The molecule has 0 bridgehead atoms. The zero-order valence-electron chi connectivity index (χ0n) is 13.5. The topological polar surface area (TPSA) is 104 Å². The van der Waals surface area contributed by atoms with Crippen molar-refractivity contribution < 1.29 is 24.3 Å². The molecule has 23 heavy (non-hydrogen) atoms. The van der Waals surface area contributed by atoms with Gasteiger partial charge in [0.2, 0.25) is 11.8 Å². The zero-order valence-corrected chi connectivity index (χ0v) is 14.4. The molecule has 1 aliphatic heterocycles. The standard InChI is InChI=1S/C15H24N2O5S/c1-10(18)16-13(15(21)22)5-3-4-6-17-8-12(7-14(17)20)9-23-11(2)19/h12-13H,3-9H2,1-2H3,(H,16,18)(H,21,22)/t12?,13-/m0/s1. The van der Waals surface area contributed by atoms with E-state index in [9.17, 15) is 19.2 Å². The summed E-state index contributed by atoms with van der Waals surface area (Å²) < 4.78 is 0. The van der Waals surface area contributed by atoms with Crippen LogP contribution < -0.4 is 5.32 Å². The van der Waals surface area contributed by atoms with Crippen molar-refractivity contribution in [2.24, 2.45) is 5.92 Å². The summed E-state index contributed by atoms with van der Waals surface area (Å²) in [6.07, 6.45) is 2.14. The molecule has 2 atom stereocenters. The first-order chi connectivity index (χ1) is 10.8. The summed E-state index contributed by atoms with van der Waals surface area (Å²) in [6, 6.07) is -0.874. The highest BCUT2D eigenvalue weighted by Crippen LogP contribution is 2.22. The minimum atomic E-state index is -1.04. The van der Waals surface area contributed by atoms with E-state index in [0.29, 0.717) is 44.5 Å². The number of hydrogen-bond acceptors (Lipinski definition) is 5. The number of rotatable bonds is 9. The lowest BCUT2D eigenvalue weighted by molar-refractivity contribution is -0.141. The maximum Gasteiger partial charge on any atom is 0.326 e. The van der Waals surface area contributed by atoms with Gasteiger partial charge in [-0.3, -0.25) is 14.4 Å². The molecule has 0 aliphatic carbocycles. The molecule has 7 nitrogen and oxygen atoms in total. The molecule has 0 aromatic rings. The van der Waals surface area contributed by atoms with E-state index in [4.69, 9.17) is 5.11 Å². The predicted octanol–water partition coefficient (Wildman–Crippen LogP) is 0.874. The molecule has 8 heteroatoms. The maximum atomic E-state index is 11.9. The number of carbonyl (C=O) groups excluding carboxylic acids is 3. The molecule has 0 radical (unpaired) electrons. The lowest BCUT2D eigenvalue weighted by Gasteiger charge is -2.17. The van der Waals surface area contributed by atoms with E-state index in [-0.39, 0.29) is 22.8 Å². The van der Waals surface area contributed by atoms with Crippen LogP contribution in [0.2, 0.25) is 0 Å². The molecule has 1 aliphatic rings. The molecule has 2 N–H and O–H groups in total. The Morgan fingerprint density at radius 3 is 2.61 bits per heavy atom. The van der Waals surface area contributed by atoms with Crippen molar-refractivity contribution in [2.75, 3.05) is 18.8 Å². The number of likely N-dealkylation sites (tertiary alicyclic amines) is 1. The third-order valence-corrected chi connectivity index (χ3v) is 4.71. The van der Waals surface area contributed by atoms with Crippen LogP contribution >= 0.6 is 11.8 Å². The Labute approximate surface area is 140 Å². The van der Waals surface area contributed by atoms with Crippen molar-refractivity contribution in [1.82, 2.24) is 10.2 Å². The van der Waals surface area contributed by atoms with Gasteiger partial charge >= 0.3 is 5.97 Å². The molecule has 0 aromatic carbocycles. The first-order valence-electron chi connectivity index (χ1n) is 7.70. The lowest BCUT2D eigenvalue weighted by atomic mass is 10.1. The Hall–Kier alpha value is -1.57. The van der Waals surface area contributed by atoms with Gasteiger partial charge in [0.1, 0.15) is 6.04 Å². The van der Waals surface area contributed by atoms with E-state index in [1.807, 2.05) is 0 Å². The second kappa shape index (κ2) is 9.54. The third-order valence-electron chi connectivity index (χ3n) is 3.66. The molecule has 0 aromatic heterocycles. The van der Waals surface area contributed by atoms with Crippen molar-refractivity contribution in [3.63, 3.8) is 0 Å². The van der Waals surface area contributed by atoms with Crippen molar-refractivity contribution >= 4 is 34.7 Å². The SMILES string of the molecule is CC(=O)N[C@@H](CCCCN1CC(CSC(C)=O)CC1=O)C(=O)O. The first kappa shape index (κ1) is 19.5. The molecule has 1 saturated heterocycles. The molecule has 1 fully saturated rings. The van der Waals surface area contributed by atoms with Gasteiger partial charge in [-0.2, -0.15) is 0 Å². The second-order valence-electron chi connectivity index (χ2n) is 5.80. The number of aliphatic carboxylic acids is 1. The molecular formula is C15H24N2O5S. The number of carboxylic acids is 1. The fraction of sp³-hybridized carbons (Fsp3) is 0.733. The zero-order chi connectivity index (χ0) is 17.4. The fourth-order valence-electron chi connectivity index (χ4n) is 2.57. The van der Waals surface area contributed by atoms with Gasteiger partial charge in [-0.15, -0.1) is 0 Å². The number of thioether (sulfide) groups is 1. The fourth-order valence-corrected chi connectivity index (χ4v) is 3.26. The van der Waals surface area contributed by atoms with E-state index in [0.717, 1.165) is 0 Å². The maximum absolute atomic E-state index is 11.9. The van der Waals surface area contributed by atoms with Gasteiger partial charge in [0.25, 0.3) is 0 Å². The molecular weight excluding hydrogens is 320 g/mol. The minimum Gasteiger partial charge on any atom is -0.480 e. The van der Waals surface area contributed by atoms with Gasteiger partial charge in [0, 0.05) is 39.1 Å². The minimum absolute atomic E-state index is 0.0635. The normalized spacial score (nSPS) is 18.8. The second-order valence-corrected chi connectivity index (χ2v) is 7.00. The summed E-state index contributed by atoms with van der Waals surface area (Å²) in [7, 11) is 0. The average Bonchev–Trinajstić information content (AvgIpc) is 2.80. The molecule has 1 rings (SSSR count). The van der Waals surface area contributed by atoms with E-state index in [1.54, 1.807) is 4.90 Å². The number of carboxylic acid groups (broad SMARTS) is 1. The predicted molar refractivity (Wildman–Crippen MR) is 86.9 cm³/mol. The summed E-state index contributed by atoms with van der Waals surface area (Å²) in [5, 5.41) is 11.5. The quantitative estimate of drug-likeness (QED) is 0.602. The largest absolute Gasteiger partial charge is 0.480 e. The summed E-state index contributed by atoms with van der Waals surface area (Å²) in [5.41, 5.74) is 0. The monoisotopic (exact) mass is 344 g/mol. The van der Waals surface area contributed by atoms with Crippen LogP contribution in [0.15, 0.2) is 0 Å². The highest BCUT2D eigenvalue weighted by molar-refractivity contribution is 8.13. The number of hydrogen-bond donors (Lipinski definition) is 2. The summed E-state index contributed by atoms with van der Waals surface area (Å²) in [6.45, 7) is 4.06. The van der Waals surface area contributed by atoms with Crippen molar-refractivity contribution in [3.8, 4) is 0 Å². The Bertz CT molecular complexity index is 469. The highest BCUT2D eigenvalue weighted by atomic mass is 32.2. The van der Waals surface area contributed by atoms with Crippen molar-refractivity contribution in [3.05, 3.63) is 0 Å². The van der Waals surface area contributed by atoms with Gasteiger partial charge in [-0.1, -0.05) is 11.8 Å². The third kappa shape index (κ3) is 7.49. The van der Waals surface area contributed by atoms with E-state index in [1.165, 1.54) is 25.6 Å². The van der Waals surface area contributed by atoms with Crippen molar-refractivity contribution in [1.29, 1.82) is 0 Å². The molecule has 0 saturated carbocycles. The Morgan fingerprint density at radius 2 is 2.04 bits per heavy atom. The molecule has 0 spiro atoms. The van der Waals surface area contributed by atoms with Gasteiger partial charge < -0.3 is 15.3 Å². The van der Waals surface area contributed by atoms with Crippen LogP contribution in [-0.4, -0.2) is 57.8 Å². The molecule has 1 unspecified atom stereocenters. The van der Waals surface area contributed by atoms with Crippen LogP contribution in [-0.2, 0) is 19.2 Å². The number of carbonyl (C=O) groups is 4. The van der Waals surface area contributed by atoms with E-state index < -0.39 is 12.0 Å². The number of unbranched alkanes of at least 4 members (excludes halogenated alkanes) is 1. The van der Waals surface area contributed by atoms with Gasteiger partial charge in [0.05, 0.1) is 0 Å². The summed E-state index contributed by atoms with van der Waals surface area (Å²) in [5.74, 6) is -0.434. The molecule has 130 valence electrons. The molecule has 1 heterocycles. The van der Waals surface area contributed by atoms with Crippen LogP contribution in [0.1, 0.15) is 39.5 Å². The van der Waals surface area contributed by atoms with Crippen LogP contribution in [0.25, 0.3) is 0 Å². The van der Waals surface area contributed by atoms with Gasteiger partial charge in [0.15, 0.2) is 5.12 Å². The van der Waals surface area contributed by atoms with Crippen LogP contribution in [0.4, 0.5) is 0 Å². The lowest BCUT2D eigenvalue weighted by Crippen LogP contribution is -2.39. The van der Waals surface area contributed by atoms with Crippen LogP contribution in [0.5, 0.6) is 0 Å². The number of amides is 2. The Balaban J connectivity index is 2.27. The van der Waals surface area contributed by atoms with E-state index >= 15 is 0 Å². The van der Waals surface area contributed by atoms with E-state index in [2.05, 4.69) is 5.32 Å². The summed E-state index contributed by atoms with van der Waals surface area (Å²) in [4.78, 5) is 46.6. The van der Waals surface area contributed by atoms with Crippen LogP contribution in [0.3, 0.4) is 0 Å². The summed E-state index contributed by atoms with van der Waals surface area (Å²) >= 11 is 1.25. The molecule has 2 amide bonds.